The average molecular weight is 301 g/mol. The van der Waals surface area contributed by atoms with E-state index in [0.717, 1.165) is 18.7 Å². The van der Waals surface area contributed by atoms with Crippen molar-refractivity contribution < 1.29 is 14.1 Å². The van der Waals surface area contributed by atoms with Crippen molar-refractivity contribution in [2.45, 2.75) is 6.10 Å². The molecule has 0 saturated carbocycles. The maximum absolute atomic E-state index is 12.1. The summed E-state index contributed by atoms with van der Waals surface area (Å²) in [5.41, 5.74) is 1.57. The Morgan fingerprint density at radius 3 is 3.00 bits per heavy atom. The first kappa shape index (κ1) is 14.7. The summed E-state index contributed by atoms with van der Waals surface area (Å²) in [7, 11) is 2.04. The second-order valence-electron chi connectivity index (χ2n) is 5.41. The molecular formula is C16H19N3O3. The second kappa shape index (κ2) is 6.72. The van der Waals surface area contributed by atoms with Gasteiger partial charge in [0.05, 0.1) is 12.7 Å². The highest BCUT2D eigenvalue weighted by atomic mass is 16.5. The molecule has 1 aromatic heterocycles. The largest absolute Gasteiger partial charge is 0.374 e. The summed E-state index contributed by atoms with van der Waals surface area (Å²) >= 11 is 0. The molecule has 0 radical (unpaired) electrons. The first-order chi connectivity index (χ1) is 10.7. The van der Waals surface area contributed by atoms with Gasteiger partial charge in [-0.25, -0.2) is 0 Å². The zero-order valence-electron chi connectivity index (χ0n) is 12.5. The standard InChI is InChI=1S/C16H19N3O3/c1-19-7-8-21-13(11-19)10-17-16(20)15-9-14(18-22-15)12-5-3-2-4-6-12/h2-6,9,13H,7-8,10-11H2,1H3,(H,17,20). The Kier molecular flexibility index (Phi) is 4.50. The maximum Gasteiger partial charge on any atom is 0.290 e. The third kappa shape index (κ3) is 3.52. The van der Waals surface area contributed by atoms with Crippen molar-refractivity contribution in [3.8, 4) is 11.3 Å². The summed E-state index contributed by atoms with van der Waals surface area (Å²) in [6.07, 6.45) is 0.0132. The monoisotopic (exact) mass is 301 g/mol. The molecule has 1 atom stereocenters. The van der Waals surface area contributed by atoms with Crippen LogP contribution < -0.4 is 5.32 Å². The fourth-order valence-electron chi connectivity index (χ4n) is 2.41. The van der Waals surface area contributed by atoms with E-state index in [1.54, 1.807) is 6.07 Å². The van der Waals surface area contributed by atoms with Crippen LogP contribution in [0.3, 0.4) is 0 Å². The molecule has 116 valence electrons. The molecule has 3 rings (SSSR count). The minimum atomic E-state index is -0.272. The molecule has 6 heteroatoms. The Balaban J connectivity index is 1.58. The highest BCUT2D eigenvalue weighted by Gasteiger charge is 2.20. The lowest BCUT2D eigenvalue weighted by molar-refractivity contribution is -0.0176. The number of aromatic nitrogens is 1. The summed E-state index contributed by atoms with van der Waals surface area (Å²) in [5, 5.41) is 6.77. The molecule has 1 fully saturated rings. The highest BCUT2D eigenvalue weighted by Crippen LogP contribution is 2.18. The van der Waals surface area contributed by atoms with E-state index < -0.39 is 0 Å². The third-order valence-corrected chi connectivity index (χ3v) is 3.64. The summed E-state index contributed by atoms with van der Waals surface area (Å²) < 4.78 is 10.7. The predicted molar refractivity (Wildman–Crippen MR) is 81.5 cm³/mol. The predicted octanol–water partition coefficient (Wildman–Crippen LogP) is 1.40. The number of hydrogen-bond donors (Lipinski definition) is 1. The van der Waals surface area contributed by atoms with E-state index in [4.69, 9.17) is 9.26 Å². The number of ether oxygens (including phenoxy) is 1. The van der Waals surface area contributed by atoms with E-state index in [2.05, 4.69) is 15.4 Å². The van der Waals surface area contributed by atoms with Gasteiger partial charge in [-0.2, -0.15) is 0 Å². The summed E-state index contributed by atoms with van der Waals surface area (Å²) in [6.45, 7) is 2.89. The number of hydrogen-bond acceptors (Lipinski definition) is 5. The SMILES string of the molecule is CN1CCOC(CNC(=O)c2cc(-c3ccccc3)no2)C1. The van der Waals surface area contributed by atoms with Crippen molar-refractivity contribution >= 4 is 5.91 Å². The van der Waals surface area contributed by atoms with E-state index in [1.165, 1.54) is 0 Å². The summed E-state index contributed by atoms with van der Waals surface area (Å²) in [4.78, 5) is 14.3. The van der Waals surface area contributed by atoms with Crippen LogP contribution in [0.5, 0.6) is 0 Å². The number of carbonyl (C=O) groups excluding carboxylic acids is 1. The lowest BCUT2D eigenvalue weighted by Gasteiger charge is -2.29. The lowest BCUT2D eigenvalue weighted by atomic mass is 10.1. The van der Waals surface area contributed by atoms with Gasteiger partial charge in [-0.1, -0.05) is 35.5 Å². The first-order valence-electron chi connectivity index (χ1n) is 7.33. The van der Waals surface area contributed by atoms with Gasteiger partial charge in [0.1, 0.15) is 5.69 Å². The van der Waals surface area contributed by atoms with Crippen LogP contribution in [0.4, 0.5) is 0 Å². The van der Waals surface area contributed by atoms with Gasteiger partial charge < -0.3 is 19.5 Å². The van der Waals surface area contributed by atoms with Gasteiger partial charge in [0, 0.05) is 31.3 Å². The van der Waals surface area contributed by atoms with Gasteiger partial charge in [0.25, 0.3) is 5.91 Å². The van der Waals surface area contributed by atoms with Gasteiger partial charge >= 0.3 is 0 Å². The van der Waals surface area contributed by atoms with Crippen molar-refractivity contribution in [2.75, 3.05) is 33.3 Å². The van der Waals surface area contributed by atoms with E-state index >= 15 is 0 Å². The van der Waals surface area contributed by atoms with Crippen molar-refractivity contribution in [3.63, 3.8) is 0 Å². The van der Waals surface area contributed by atoms with Crippen molar-refractivity contribution in [2.24, 2.45) is 0 Å². The molecule has 0 bridgehead atoms. The molecular weight excluding hydrogens is 282 g/mol. The van der Waals surface area contributed by atoms with E-state index in [-0.39, 0.29) is 17.8 Å². The Labute approximate surface area is 129 Å². The van der Waals surface area contributed by atoms with Gasteiger partial charge in [-0.05, 0) is 7.05 Å². The van der Waals surface area contributed by atoms with E-state index in [1.807, 2.05) is 37.4 Å². The number of rotatable bonds is 4. The molecule has 2 heterocycles. The number of nitrogens with zero attached hydrogens (tertiary/aromatic N) is 2. The van der Waals surface area contributed by atoms with Crippen LogP contribution in [-0.4, -0.2) is 55.4 Å². The van der Waals surface area contributed by atoms with Crippen molar-refractivity contribution in [3.05, 3.63) is 42.2 Å². The molecule has 2 aromatic rings. The number of likely N-dealkylation sites (N-methyl/N-ethyl adjacent to an activating group) is 1. The first-order valence-corrected chi connectivity index (χ1v) is 7.33. The molecule has 1 saturated heterocycles. The van der Waals surface area contributed by atoms with Crippen LogP contribution >= 0.6 is 0 Å². The summed E-state index contributed by atoms with van der Waals surface area (Å²) in [6, 6.07) is 11.3. The van der Waals surface area contributed by atoms with Gasteiger partial charge in [-0.3, -0.25) is 4.79 Å². The number of benzene rings is 1. The van der Waals surface area contributed by atoms with E-state index in [0.29, 0.717) is 18.8 Å². The van der Waals surface area contributed by atoms with Crippen molar-refractivity contribution in [1.29, 1.82) is 0 Å². The molecule has 1 aliphatic heterocycles. The Morgan fingerprint density at radius 1 is 1.41 bits per heavy atom. The van der Waals surface area contributed by atoms with Crippen LogP contribution in [0.15, 0.2) is 40.9 Å². The van der Waals surface area contributed by atoms with Crippen LogP contribution in [0, 0.1) is 0 Å². The van der Waals surface area contributed by atoms with Gasteiger partial charge in [-0.15, -0.1) is 0 Å². The fourth-order valence-corrected chi connectivity index (χ4v) is 2.41. The molecule has 6 nitrogen and oxygen atoms in total. The molecule has 0 aliphatic carbocycles. The normalized spacial score (nSPS) is 19.0. The average Bonchev–Trinajstić information content (AvgIpc) is 3.04. The summed E-state index contributed by atoms with van der Waals surface area (Å²) in [5.74, 6) is -0.0606. The van der Waals surface area contributed by atoms with Gasteiger partial charge in [0.2, 0.25) is 5.76 Å². The highest BCUT2D eigenvalue weighted by molar-refractivity contribution is 5.92. The quantitative estimate of drug-likeness (QED) is 0.924. The topological polar surface area (TPSA) is 67.6 Å². The minimum absolute atomic E-state index is 0.0132. The number of carbonyl (C=O) groups is 1. The molecule has 0 spiro atoms. The van der Waals surface area contributed by atoms with Crippen LogP contribution in [0.1, 0.15) is 10.6 Å². The van der Waals surface area contributed by atoms with Crippen LogP contribution in [0.2, 0.25) is 0 Å². The molecule has 22 heavy (non-hydrogen) atoms. The van der Waals surface area contributed by atoms with E-state index in [9.17, 15) is 4.79 Å². The smallest absolute Gasteiger partial charge is 0.290 e. The number of nitrogens with one attached hydrogen (secondary N) is 1. The van der Waals surface area contributed by atoms with Crippen LogP contribution in [-0.2, 0) is 4.74 Å². The molecule has 1 N–H and O–H groups in total. The molecule has 1 amide bonds. The molecule has 1 unspecified atom stereocenters. The molecule has 1 aromatic carbocycles. The number of morpholine rings is 1. The van der Waals surface area contributed by atoms with Gasteiger partial charge in [0.15, 0.2) is 0 Å². The Morgan fingerprint density at radius 2 is 2.23 bits per heavy atom. The van der Waals surface area contributed by atoms with Crippen molar-refractivity contribution in [1.82, 2.24) is 15.4 Å². The number of amides is 1. The molecule has 1 aliphatic rings. The zero-order chi connectivity index (χ0) is 15.4. The zero-order valence-corrected chi connectivity index (χ0v) is 12.5. The Hall–Kier alpha value is -2.18. The second-order valence-corrected chi connectivity index (χ2v) is 5.41. The Bertz CT molecular complexity index is 627. The fraction of sp³-hybridized carbons (Fsp3) is 0.375. The third-order valence-electron chi connectivity index (χ3n) is 3.64. The minimum Gasteiger partial charge on any atom is -0.374 e. The van der Waals surface area contributed by atoms with Crippen LogP contribution in [0.25, 0.3) is 11.3 Å². The maximum atomic E-state index is 12.1. The lowest BCUT2D eigenvalue weighted by Crippen LogP contribution is -2.45.